The number of guanidine groups is 1. The quantitative estimate of drug-likeness (QED) is 0.423. The normalized spacial score (nSPS) is 14.8. The van der Waals surface area contributed by atoms with Crippen LogP contribution < -0.4 is 25.7 Å². The summed E-state index contributed by atoms with van der Waals surface area (Å²) < 4.78 is 7.66. The highest BCUT2D eigenvalue weighted by atomic mass is 16.5. The SMILES string of the molecule is C=CC(=O)Nc1cc(NC2=NC(n3ccc(=O)c4ccccc43)CC=N2)c(OC)cc1N(C)CCN(C)C. The van der Waals surface area contributed by atoms with Crippen LogP contribution in [-0.4, -0.2) is 68.9 Å². The number of nitrogens with zero attached hydrogens (tertiary/aromatic N) is 5. The highest BCUT2D eigenvalue weighted by Gasteiger charge is 2.19. The molecule has 1 aliphatic heterocycles. The molecule has 0 radical (unpaired) electrons. The number of benzene rings is 2. The number of ether oxygens (including phenoxy) is 1. The number of fused-ring (bicyclic) bond motifs is 1. The van der Waals surface area contributed by atoms with Crippen molar-refractivity contribution in [3.05, 3.63) is 71.5 Å². The Hall–Kier alpha value is -4.44. The molecule has 1 aromatic heterocycles. The van der Waals surface area contributed by atoms with E-state index < -0.39 is 0 Å². The van der Waals surface area contributed by atoms with Gasteiger partial charge in [0.05, 0.1) is 29.7 Å². The number of likely N-dealkylation sites (N-methyl/N-ethyl adjacent to an activating group) is 2. The second-order valence-electron chi connectivity index (χ2n) is 9.20. The lowest BCUT2D eigenvalue weighted by Gasteiger charge is -2.26. The molecule has 0 fully saturated rings. The lowest BCUT2D eigenvalue weighted by Crippen LogP contribution is -2.29. The highest BCUT2D eigenvalue weighted by Crippen LogP contribution is 2.37. The summed E-state index contributed by atoms with van der Waals surface area (Å²) in [5.41, 5.74) is 2.77. The zero-order valence-electron chi connectivity index (χ0n) is 22.1. The van der Waals surface area contributed by atoms with Crippen molar-refractivity contribution < 1.29 is 9.53 Å². The predicted octanol–water partition coefficient (Wildman–Crippen LogP) is 3.57. The van der Waals surface area contributed by atoms with Gasteiger partial charge in [-0.25, -0.2) is 9.98 Å². The summed E-state index contributed by atoms with van der Waals surface area (Å²) in [5, 5.41) is 6.79. The van der Waals surface area contributed by atoms with E-state index in [9.17, 15) is 9.59 Å². The summed E-state index contributed by atoms with van der Waals surface area (Å²) >= 11 is 0. The van der Waals surface area contributed by atoms with E-state index in [1.165, 1.54) is 6.08 Å². The van der Waals surface area contributed by atoms with Gasteiger partial charge in [0.15, 0.2) is 5.43 Å². The van der Waals surface area contributed by atoms with E-state index in [1.807, 2.05) is 56.0 Å². The third kappa shape index (κ3) is 5.92. The van der Waals surface area contributed by atoms with Crippen LogP contribution in [0.5, 0.6) is 5.75 Å². The van der Waals surface area contributed by atoms with Gasteiger partial charge in [0, 0.05) is 56.5 Å². The molecule has 1 atom stereocenters. The van der Waals surface area contributed by atoms with Crippen LogP contribution in [0.15, 0.2) is 76.1 Å². The largest absolute Gasteiger partial charge is 0.494 e. The summed E-state index contributed by atoms with van der Waals surface area (Å²) in [6.07, 6.45) is 5.07. The van der Waals surface area contributed by atoms with Crippen LogP contribution in [0.3, 0.4) is 0 Å². The fourth-order valence-corrected chi connectivity index (χ4v) is 4.21. The number of nitrogens with one attached hydrogen (secondary N) is 2. The Morgan fingerprint density at radius 2 is 1.97 bits per heavy atom. The molecule has 2 aromatic carbocycles. The zero-order valence-corrected chi connectivity index (χ0v) is 22.1. The summed E-state index contributed by atoms with van der Waals surface area (Å²) in [7, 11) is 7.57. The van der Waals surface area contributed by atoms with Gasteiger partial charge in [-0.2, -0.15) is 0 Å². The number of amides is 1. The van der Waals surface area contributed by atoms with Gasteiger partial charge in [0.1, 0.15) is 11.9 Å². The second kappa shape index (κ2) is 11.7. The lowest BCUT2D eigenvalue weighted by atomic mass is 10.2. The van der Waals surface area contributed by atoms with Crippen LogP contribution in [0.25, 0.3) is 10.9 Å². The molecule has 10 nitrogen and oxygen atoms in total. The van der Waals surface area contributed by atoms with E-state index in [0.717, 1.165) is 24.3 Å². The van der Waals surface area contributed by atoms with Crippen molar-refractivity contribution in [2.24, 2.45) is 9.98 Å². The third-order valence-corrected chi connectivity index (χ3v) is 6.26. The minimum atomic E-state index is -0.318. The first-order valence-corrected chi connectivity index (χ1v) is 12.3. The Labute approximate surface area is 221 Å². The van der Waals surface area contributed by atoms with Crippen LogP contribution in [0.1, 0.15) is 12.6 Å². The van der Waals surface area contributed by atoms with Crippen molar-refractivity contribution in [1.29, 1.82) is 0 Å². The van der Waals surface area contributed by atoms with Crippen molar-refractivity contribution in [3.63, 3.8) is 0 Å². The van der Waals surface area contributed by atoms with Gasteiger partial charge in [0.25, 0.3) is 0 Å². The Kier molecular flexibility index (Phi) is 8.22. The first-order valence-electron chi connectivity index (χ1n) is 12.3. The standard InChI is InChI=1S/C28H33N7O3/c1-6-27(37)30-20-17-21(25(38-5)18-23(20)34(4)16-15-33(2)3)31-28-29-13-11-26(32-28)35-14-12-24(36)19-9-7-8-10-22(19)35/h6-10,12-14,17-18,26H,1,11,15-16H2,2-5H3,(H,30,37)(H,31,32). The number of carbonyl (C=O) groups is 1. The Balaban J connectivity index is 1.69. The van der Waals surface area contributed by atoms with E-state index in [2.05, 4.69) is 32.0 Å². The van der Waals surface area contributed by atoms with Gasteiger partial charge in [0.2, 0.25) is 11.9 Å². The molecular weight excluding hydrogens is 482 g/mol. The Morgan fingerprint density at radius 1 is 1.18 bits per heavy atom. The molecule has 3 aromatic rings. The minimum Gasteiger partial charge on any atom is -0.494 e. The number of hydrogen-bond donors (Lipinski definition) is 2. The first kappa shape index (κ1) is 26.6. The van der Waals surface area contributed by atoms with Gasteiger partial charge >= 0.3 is 0 Å². The monoisotopic (exact) mass is 515 g/mol. The molecule has 10 heteroatoms. The van der Waals surface area contributed by atoms with Crippen molar-refractivity contribution in [1.82, 2.24) is 9.47 Å². The first-order chi connectivity index (χ1) is 18.3. The van der Waals surface area contributed by atoms with Gasteiger partial charge in [-0.15, -0.1) is 0 Å². The van der Waals surface area contributed by atoms with E-state index in [1.54, 1.807) is 31.7 Å². The van der Waals surface area contributed by atoms with Crippen LogP contribution in [-0.2, 0) is 4.79 Å². The summed E-state index contributed by atoms with van der Waals surface area (Å²) in [6, 6.07) is 12.7. The number of methoxy groups -OCH3 is 1. The van der Waals surface area contributed by atoms with Crippen molar-refractivity contribution in [2.75, 3.05) is 56.9 Å². The molecule has 0 spiro atoms. The van der Waals surface area contributed by atoms with Crippen LogP contribution >= 0.6 is 0 Å². The van der Waals surface area contributed by atoms with E-state index in [-0.39, 0.29) is 17.5 Å². The molecule has 1 amide bonds. The smallest absolute Gasteiger partial charge is 0.247 e. The molecule has 1 aliphatic rings. The molecule has 198 valence electrons. The maximum Gasteiger partial charge on any atom is 0.247 e. The topological polar surface area (TPSA) is 104 Å². The van der Waals surface area contributed by atoms with Gasteiger partial charge in [-0.1, -0.05) is 18.7 Å². The highest BCUT2D eigenvalue weighted by molar-refractivity contribution is 6.04. The Bertz CT molecular complexity index is 1460. The second-order valence-corrected chi connectivity index (χ2v) is 9.20. The van der Waals surface area contributed by atoms with E-state index in [4.69, 9.17) is 9.73 Å². The average molecular weight is 516 g/mol. The molecule has 2 heterocycles. The van der Waals surface area contributed by atoms with Crippen LogP contribution in [0.2, 0.25) is 0 Å². The molecule has 4 rings (SSSR count). The number of aliphatic imine (C=N–C) groups is 2. The number of pyridine rings is 1. The maximum atomic E-state index is 12.3. The number of anilines is 3. The van der Waals surface area contributed by atoms with Gasteiger partial charge < -0.3 is 29.7 Å². The fraction of sp³-hybridized carbons (Fsp3) is 0.286. The van der Waals surface area contributed by atoms with Crippen molar-refractivity contribution >= 4 is 46.0 Å². The van der Waals surface area contributed by atoms with Gasteiger partial charge in [-0.3, -0.25) is 9.59 Å². The summed E-state index contributed by atoms with van der Waals surface area (Å²) in [6.45, 7) is 5.15. The number of carbonyl (C=O) groups excluding carboxylic acids is 1. The third-order valence-electron chi connectivity index (χ3n) is 6.26. The molecule has 0 bridgehead atoms. The fourth-order valence-electron chi connectivity index (χ4n) is 4.21. The summed E-state index contributed by atoms with van der Waals surface area (Å²) in [5.74, 6) is 0.640. The Morgan fingerprint density at radius 3 is 2.71 bits per heavy atom. The van der Waals surface area contributed by atoms with Crippen LogP contribution in [0.4, 0.5) is 17.1 Å². The van der Waals surface area contributed by atoms with Gasteiger partial charge in [-0.05, 0) is 38.4 Å². The minimum absolute atomic E-state index is 0.0295. The number of para-hydroxylation sites is 1. The molecule has 0 saturated carbocycles. The zero-order chi connectivity index (χ0) is 27.2. The lowest BCUT2D eigenvalue weighted by molar-refractivity contribution is -0.111. The molecular formula is C28H33N7O3. The number of hydrogen-bond acceptors (Lipinski definition) is 8. The molecule has 0 aliphatic carbocycles. The average Bonchev–Trinajstić information content (AvgIpc) is 2.92. The number of rotatable bonds is 9. The number of aromatic nitrogens is 1. The molecule has 2 N–H and O–H groups in total. The maximum absolute atomic E-state index is 12.3. The van der Waals surface area contributed by atoms with Crippen molar-refractivity contribution in [3.8, 4) is 5.75 Å². The van der Waals surface area contributed by atoms with E-state index >= 15 is 0 Å². The molecule has 1 unspecified atom stereocenters. The van der Waals surface area contributed by atoms with E-state index in [0.29, 0.717) is 34.9 Å². The summed E-state index contributed by atoms with van der Waals surface area (Å²) in [4.78, 5) is 38.0. The van der Waals surface area contributed by atoms with Crippen molar-refractivity contribution in [2.45, 2.75) is 12.6 Å². The predicted molar refractivity (Wildman–Crippen MR) is 155 cm³/mol. The van der Waals surface area contributed by atoms with Crippen LogP contribution in [0, 0.1) is 0 Å². The molecule has 0 saturated heterocycles. The molecule has 38 heavy (non-hydrogen) atoms.